The molecule has 0 unspecified atom stereocenters. The van der Waals surface area contributed by atoms with E-state index in [1.54, 1.807) is 6.07 Å². The van der Waals surface area contributed by atoms with Crippen molar-refractivity contribution in [2.24, 2.45) is 4.99 Å². The third kappa shape index (κ3) is 3.92. The normalized spacial score (nSPS) is 21.0. The van der Waals surface area contributed by atoms with Crippen LogP contribution in [0.4, 0.5) is 13.2 Å². The smallest absolute Gasteiger partial charge is 0.349 e. The molecule has 122 valence electrons. The number of carbonyl (C=O) groups excluding carboxylic acids is 1. The molecule has 3 nitrogen and oxygen atoms in total. The third-order valence-electron chi connectivity index (χ3n) is 3.40. The van der Waals surface area contributed by atoms with Gasteiger partial charge in [-0.3, -0.25) is 4.79 Å². The van der Waals surface area contributed by atoms with Gasteiger partial charge in [0.05, 0.1) is 10.5 Å². The van der Waals surface area contributed by atoms with Gasteiger partial charge in [0.2, 0.25) is 0 Å². The van der Waals surface area contributed by atoms with Crippen LogP contribution in [0.15, 0.2) is 34.2 Å². The quantitative estimate of drug-likeness (QED) is 0.716. The SMILES string of the molecule is O=C1N=C(N2CCSCC2)SC1=Cc1cccc(C(F)(F)F)c1. The number of thioether (sulfide) groups is 2. The Hall–Kier alpha value is -1.41. The van der Waals surface area contributed by atoms with Crippen LogP contribution in [-0.2, 0) is 11.0 Å². The van der Waals surface area contributed by atoms with Gasteiger partial charge in [-0.15, -0.1) is 0 Å². The first kappa shape index (κ1) is 16.4. The lowest BCUT2D eigenvalue weighted by atomic mass is 10.1. The number of alkyl halides is 3. The summed E-state index contributed by atoms with van der Waals surface area (Å²) in [7, 11) is 0. The zero-order chi connectivity index (χ0) is 16.4. The third-order valence-corrected chi connectivity index (χ3v) is 5.39. The molecule has 0 saturated carbocycles. The summed E-state index contributed by atoms with van der Waals surface area (Å²) < 4.78 is 38.2. The van der Waals surface area contributed by atoms with Crippen LogP contribution >= 0.6 is 23.5 Å². The molecule has 23 heavy (non-hydrogen) atoms. The van der Waals surface area contributed by atoms with Crippen LogP contribution in [0.2, 0.25) is 0 Å². The second kappa shape index (κ2) is 6.60. The lowest BCUT2D eigenvalue weighted by Crippen LogP contribution is -2.35. The van der Waals surface area contributed by atoms with Crippen LogP contribution in [0.5, 0.6) is 0 Å². The monoisotopic (exact) mass is 358 g/mol. The molecule has 0 atom stereocenters. The maximum atomic E-state index is 12.7. The molecule has 1 aromatic rings. The van der Waals surface area contributed by atoms with E-state index in [1.165, 1.54) is 23.9 Å². The van der Waals surface area contributed by atoms with Crippen LogP contribution in [0.3, 0.4) is 0 Å². The largest absolute Gasteiger partial charge is 0.416 e. The van der Waals surface area contributed by atoms with Crippen LogP contribution in [0.25, 0.3) is 6.08 Å². The van der Waals surface area contributed by atoms with Crippen molar-refractivity contribution < 1.29 is 18.0 Å². The van der Waals surface area contributed by atoms with E-state index in [4.69, 9.17) is 0 Å². The molecule has 2 aliphatic heterocycles. The van der Waals surface area contributed by atoms with Crippen LogP contribution < -0.4 is 0 Å². The Bertz CT molecular complexity index is 680. The highest BCUT2D eigenvalue weighted by Crippen LogP contribution is 2.33. The van der Waals surface area contributed by atoms with Crippen LogP contribution in [-0.4, -0.2) is 40.6 Å². The summed E-state index contributed by atoms with van der Waals surface area (Å²) in [5, 5.41) is 0.647. The van der Waals surface area contributed by atoms with Gasteiger partial charge in [-0.2, -0.15) is 29.9 Å². The van der Waals surface area contributed by atoms with Gasteiger partial charge in [0.25, 0.3) is 5.91 Å². The number of amidine groups is 1. The van der Waals surface area contributed by atoms with Crippen molar-refractivity contribution in [3.63, 3.8) is 0 Å². The highest BCUT2D eigenvalue weighted by molar-refractivity contribution is 8.18. The van der Waals surface area contributed by atoms with E-state index in [1.807, 2.05) is 16.7 Å². The molecule has 0 bridgehead atoms. The minimum absolute atomic E-state index is 0.348. The van der Waals surface area contributed by atoms with Gasteiger partial charge in [0.15, 0.2) is 5.17 Å². The molecule has 3 rings (SSSR count). The predicted molar refractivity (Wildman–Crippen MR) is 88.4 cm³/mol. The molecular weight excluding hydrogens is 345 g/mol. The van der Waals surface area contributed by atoms with Crippen molar-refractivity contribution in [1.29, 1.82) is 0 Å². The number of hydrogen-bond acceptors (Lipinski definition) is 4. The van der Waals surface area contributed by atoms with Crippen molar-refractivity contribution in [3.8, 4) is 0 Å². The molecule has 2 heterocycles. The van der Waals surface area contributed by atoms with Gasteiger partial charge in [-0.1, -0.05) is 12.1 Å². The lowest BCUT2D eigenvalue weighted by molar-refractivity contribution is -0.137. The zero-order valence-corrected chi connectivity index (χ0v) is 13.6. The second-order valence-corrected chi connectivity index (χ2v) is 7.27. The average Bonchev–Trinajstić information content (AvgIpc) is 2.89. The lowest BCUT2D eigenvalue weighted by Gasteiger charge is -2.26. The summed E-state index contributed by atoms with van der Waals surface area (Å²) in [5.41, 5.74) is -0.377. The molecule has 0 radical (unpaired) electrons. The van der Waals surface area contributed by atoms with Crippen molar-refractivity contribution in [3.05, 3.63) is 40.3 Å². The standard InChI is InChI=1S/C15H13F3N2OS2/c16-15(17,18)11-3-1-2-10(8-11)9-12-13(21)19-14(23-12)20-4-6-22-7-5-20/h1-3,8-9H,4-7H2. The fourth-order valence-corrected chi connectivity index (χ4v) is 4.11. The Balaban J connectivity index is 1.78. The molecule has 0 spiro atoms. The fraction of sp³-hybridized carbons (Fsp3) is 0.333. The number of amides is 1. The van der Waals surface area contributed by atoms with E-state index in [2.05, 4.69) is 4.99 Å². The number of nitrogens with zero attached hydrogens (tertiary/aromatic N) is 2. The van der Waals surface area contributed by atoms with E-state index >= 15 is 0 Å². The predicted octanol–water partition coefficient (Wildman–Crippen LogP) is 3.72. The Morgan fingerprint density at radius 1 is 1.22 bits per heavy atom. The molecule has 0 N–H and O–H groups in total. The first-order valence-corrected chi connectivity index (χ1v) is 8.93. The first-order chi connectivity index (χ1) is 10.9. The molecular formula is C15H13F3N2OS2. The Morgan fingerprint density at radius 2 is 1.96 bits per heavy atom. The van der Waals surface area contributed by atoms with Gasteiger partial charge >= 0.3 is 6.18 Å². The van der Waals surface area contributed by atoms with E-state index in [0.717, 1.165) is 36.7 Å². The maximum absolute atomic E-state index is 12.7. The summed E-state index contributed by atoms with van der Waals surface area (Å²) in [6, 6.07) is 4.93. The minimum Gasteiger partial charge on any atom is -0.349 e. The molecule has 1 fully saturated rings. The average molecular weight is 358 g/mol. The highest BCUT2D eigenvalue weighted by atomic mass is 32.2. The summed E-state index contributed by atoms with van der Waals surface area (Å²) in [6.45, 7) is 1.67. The summed E-state index contributed by atoms with van der Waals surface area (Å²) in [5.74, 6) is 1.58. The van der Waals surface area contributed by atoms with Crippen molar-refractivity contribution in [2.75, 3.05) is 24.6 Å². The Labute approximate surface area is 140 Å². The first-order valence-electron chi connectivity index (χ1n) is 6.96. The Kier molecular flexibility index (Phi) is 4.72. The topological polar surface area (TPSA) is 32.7 Å². The zero-order valence-electron chi connectivity index (χ0n) is 12.0. The number of hydrogen-bond donors (Lipinski definition) is 0. The second-order valence-electron chi connectivity index (χ2n) is 5.03. The van der Waals surface area contributed by atoms with E-state index in [9.17, 15) is 18.0 Å². The Morgan fingerprint density at radius 3 is 2.65 bits per heavy atom. The van der Waals surface area contributed by atoms with Gasteiger partial charge in [-0.25, -0.2) is 0 Å². The number of halogens is 3. The van der Waals surface area contributed by atoms with Crippen LogP contribution in [0.1, 0.15) is 11.1 Å². The summed E-state index contributed by atoms with van der Waals surface area (Å²) in [4.78, 5) is 18.4. The van der Waals surface area contributed by atoms with Crippen molar-refractivity contribution in [2.45, 2.75) is 6.18 Å². The fourth-order valence-electron chi connectivity index (χ4n) is 2.24. The van der Waals surface area contributed by atoms with Gasteiger partial charge in [-0.05, 0) is 35.5 Å². The molecule has 2 aliphatic rings. The van der Waals surface area contributed by atoms with Gasteiger partial charge in [0.1, 0.15) is 0 Å². The van der Waals surface area contributed by atoms with E-state index in [0.29, 0.717) is 15.6 Å². The maximum Gasteiger partial charge on any atom is 0.416 e. The number of aliphatic imine (C=N–C) groups is 1. The number of carbonyl (C=O) groups is 1. The summed E-state index contributed by atoms with van der Waals surface area (Å²) >= 11 is 3.08. The minimum atomic E-state index is -4.39. The molecule has 1 saturated heterocycles. The molecule has 0 aliphatic carbocycles. The molecule has 8 heteroatoms. The molecule has 1 aromatic carbocycles. The summed E-state index contributed by atoms with van der Waals surface area (Å²) in [6.07, 6.45) is -2.92. The number of benzene rings is 1. The van der Waals surface area contributed by atoms with E-state index in [-0.39, 0.29) is 5.91 Å². The van der Waals surface area contributed by atoms with Crippen LogP contribution in [0, 0.1) is 0 Å². The van der Waals surface area contributed by atoms with Crippen molar-refractivity contribution >= 4 is 40.7 Å². The van der Waals surface area contributed by atoms with E-state index < -0.39 is 11.7 Å². The van der Waals surface area contributed by atoms with Gasteiger partial charge in [0, 0.05) is 24.6 Å². The van der Waals surface area contributed by atoms with Crippen molar-refractivity contribution in [1.82, 2.24) is 4.90 Å². The number of rotatable bonds is 1. The molecule has 1 amide bonds. The molecule has 0 aromatic heterocycles. The highest BCUT2D eigenvalue weighted by Gasteiger charge is 2.31. The van der Waals surface area contributed by atoms with Gasteiger partial charge < -0.3 is 4.90 Å².